The Bertz CT molecular complexity index is 397. The summed E-state index contributed by atoms with van der Waals surface area (Å²) in [6.07, 6.45) is 7.84. The highest BCUT2D eigenvalue weighted by molar-refractivity contribution is 8.00. The average Bonchev–Trinajstić information content (AvgIpc) is 2.93. The smallest absolute Gasteiger partial charge is 0.228 e. The Hall–Kier alpha value is -0.910. The molecule has 1 aliphatic carbocycles. The highest BCUT2D eigenvalue weighted by Crippen LogP contribution is 2.41. The topological polar surface area (TPSA) is 78.9 Å². The van der Waals surface area contributed by atoms with E-state index in [4.69, 9.17) is 10.9 Å². The Kier molecular flexibility index (Phi) is 4.52. The summed E-state index contributed by atoms with van der Waals surface area (Å²) in [5, 5.41) is 12.1. The summed E-state index contributed by atoms with van der Waals surface area (Å²) in [5.74, 6) is 0.577. The number of carbonyl (C=O) groups is 1. The lowest BCUT2D eigenvalue weighted by Crippen LogP contribution is -2.53. The molecule has 5 nitrogen and oxygen atoms in total. The fraction of sp³-hybridized carbons (Fsp3) is 0.857. The van der Waals surface area contributed by atoms with E-state index >= 15 is 0 Å². The largest absolute Gasteiger partial charge is 0.409 e. The van der Waals surface area contributed by atoms with Crippen molar-refractivity contribution in [2.24, 2.45) is 16.3 Å². The molecule has 6 heteroatoms. The molecule has 1 aliphatic heterocycles. The molecule has 0 aromatic rings. The number of rotatable bonds is 3. The number of thioether (sulfide) groups is 1. The van der Waals surface area contributed by atoms with Crippen LogP contribution in [0.4, 0.5) is 0 Å². The number of piperidine rings is 1. The number of amides is 1. The van der Waals surface area contributed by atoms with E-state index in [1.54, 1.807) is 11.8 Å². The SMILES string of the molecule is CSC1(C(N)=NO)CCN(C(=O)C2(C)CCCC2)CC1. The number of carbonyl (C=O) groups excluding carboxylic acids is 1. The molecule has 114 valence electrons. The van der Waals surface area contributed by atoms with Crippen LogP contribution in [0.25, 0.3) is 0 Å². The van der Waals surface area contributed by atoms with Crippen LogP contribution in [0.1, 0.15) is 45.4 Å². The zero-order valence-corrected chi connectivity index (χ0v) is 13.2. The Morgan fingerprint density at radius 2 is 1.80 bits per heavy atom. The van der Waals surface area contributed by atoms with Gasteiger partial charge >= 0.3 is 0 Å². The van der Waals surface area contributed by atoms with Crippen LogP contribution < -0.4 is 5.73 Å². The lowest BCUT2D eigenvalue weighted by Gasteiger charge is -2.42. The van der Waals surface area contributed by atoms with Crippen LogP contribution in [0.2, 0.25) is 0 Å². The monoisotopic (exact) mass is 299 g/mol. The van der Waals surface area contributed by atoms with Gasteiger partial charge in [-0.1, -0.05) is 24.9 Å². The molecule has 1 saturated carbocycles. The van der Waals surface area contributed by atoms with E-state index in [0.717, 1.165) is 38.5 Å². The molecule has 0 aromatic carbocycles. The van der Waals surface area contributed by atoms with Gasteiger partial charge in [-0.05, 0) is 31.9 Å². The average molecular weight is 299 g/mol. The van der Waals surface area contributed by atoms with E-state index in [1.165, 1.54) is 0 Å². The molecule has 0 unspecified atom stereocenters. The third-order valence-corrected chi connectivity index (χ3v) is 6.45. The molecule has 0 bridgehead atoms. The fourth-order valence-electron chi connectivity index (χ4n) is 3.48. The predicted molar refractivity (Wildman–Crippen MR) is 82.0 cm³/mol. The minimum Gasteiger partial charge on any atom is -0.409 e. The standard InChI is InChI=1S/C14H25N3O2S/c1-13(5-3-4-6-13)12(18)17-9-7-14(20-2,8-10-17)11(15)16-19/h19H,3-10H2,1-2H3,(H2,15,16). The van der Waals surface area contributed by atoms with Crippen molar-refractivity contribution in [2.45, 2.75) is 50.2 Å². The number of nitrogens with two attached hydrogens (primary N) is 1. The van der Waals surface area contributed by atoms with Crippen LogP contribution in [-0.2, 0) is 4.79 Å². The van der Waals surface area contributed by atoms with Gasteiger partial charge in [0.2, 0.25) is 5.91 Å². The predicted octanol–water partition coefficient (Wildman–Crippen LogP) is 2.04. The van der Waals surface area contributed by atoms with Crippen molar-refractivity contribution < 1.29 is 10.0 Å². The molecule has 0 radical (unpaired) electrons. The number of likely N-dealkylation sites (tertiary alicyclic amines) is 1. The van der Waals surface area contributed by atoms with Crippen molar-refractivity contribution in [2.75, 3.05) is 19.3 Å². The van der Waals surface area contributed by atoms with Gasteiger partial charge in [0, 0.05) is 18.5 Å². The summed E-state index contributed by atoms with van der Waals surface area (Å²) in [7, 11) is 0. The second kappa shape index (κ2) is 5.84. The molecule has 1 saturated heterocycles. The van der Waals surface area contributed by atoms with Gasteiger partial charge in [0.05, 0.1) is 4.75 Å². The Balaban J connectivity index is 2.02. The van der Waals surface area contributed by atoms with Gasteiger partial charge < -0.3 is 15.8 Å². The van der Waals surface area contributed by atoms with Gasteiger partial charge in [0.1, 0.15) is 0 Å². The highest BCUT2D eigenvalue weighted by Gasteiger charge is 2.44. The fourth-order valence-corrected chi connectivity index (χ4v) is 4.32. The molecule has 0 spiro atoms. The summed E-state index contributed by atoms with van der Waals surface area (Å²) in [5.41, 5.74) is 5.68. The molecular formula is C14H25N3O2S. The Morgan fingerprint density at radius 3 is 2.25 bits per heavy atom. The van der Waals surface area contributed by atoms with Crippen LogP contribution in [0.5, 0.6) is 0 Å². The maximum Gasteiger partial charge on any atom is 0.228 e. The summed E-state index contributed by atoms with van der Waals surface area (Å²) < 4.78 is -0.317. The van der Waals surface area contributed by atoms with Crippen molar-refractivity contribution in [3.05, 3.63) is 0 Å². The van der Waals surface area contributed by atoms with E-state index in [1.807, 2.05) is 11.2 Å². The zero-order chi connectivity index (χ0) is 14.8. The summed E-state index contributed by atoms with van der Waals surface area (Å²) in [4.78, 5) is 14.6. The van der Waals surface area contributed by atoms with Gasteiger partial charge in [-0.3, -0.25) is 4.79 Å². The first-order valence-corrected chi connectivity index (χ1v) is 8.52. The first-order valence-electron chi connectivity index (χ1n) is 7.30. The van der Waals surface area contributed by atoms with Crippen molar-refractivity contribution in [3.63, 3.8) is 0 Å². The molecule has 2 fully saturated rings. The maximum absolute atomic E-state index is 12.7. The minimum absolute atomic E-state index is 0.157. The van der Waals surface area contributed by atoms with Crippen LogP contribution in [0.15, 0.2) is 5.16 Å². The highest BCUT2D eigenvalue weighted by atomic mass is 32.2. The zero-order valence-electron chi connectivity index (χ0n) is 12.4. The molecule has 2 aliphatic rings. The van der Waals surface area contributed by atoms with Crippen molar-refractivity contribution in [3.8, 4) is 0 Å². The first-order chi connectivity index (χ1) is 9.47. The molecule has 0 aromatic heterocycles. The van der Waals surface area contributed by atoms with Crippen LogP contribution in [0.3, 0.4) is 0 Å². The number of hydrogen-bond donors (Lipinski definition) is 2. The number of oxime groups is 1. The summed E-state index contributed by atoms with van der Waals surface area (Å²) >= 11 is 1.62. The van der Waals surface area contributed by atoms with Crippen molar-refractivity contribution in [1.82, 2.24) is 4.90 Å². The van der Waals surface area contributed by atoms with E-state index < -0.39 is 0 Å². The lowest BCUT2D eigenvalue weighted by molar-refractivity contribution is -0.142. The number of hydrogen-bond acceptors (Lipinski definition) is 4. The second-order valence-electron chi connectivity index (χ2n) is 6.24. The van der Waals surface area contributed by atoms with Crippen molar-refractivity contribution >= 4 is 23.5 Å². The normalized spacial score (nSPS) is 25.7. The molecule has 20 heavy (non-hydrogen) atoms. The van der Waals surface area contributed by atoms with Gasteiger partial charge in [-0.25, -0.2) is 0 Å². The van der Waals surface area contributed by atoms with E-state index in [-0.39, 0.29) is 16.0 Å². The minimum atomic E-state index is -0.317. The van der Waals surface area contributed by atoms with Crippen LogP contribution in [0, 0.1) is 5.41 Å². The van der Waals surface area contributed by atoms with E-state index in [0.29, 0.717) is 19.0 Å². The molecule has 3 N–H and O–H groups in total. The van der Waals surface area contributed by atoms with Crippen molar-refractivity contribution in [1.29, 1.82) is 0 Å². The second-order valence-corrected chi connectivity index (χ2v) is 7.43. The van der Waals surface area contributed by atoms with Crippen LogP contribution in [-0.4, -0.2) is 45.9 Å². The Labute approximate surface area is 124 Å². The van der Waals surface area contributed by atoms with Gasteiger partial charge in [0.25, 0.3) is 0 Å². The number of amidine groups is 1. The van der Waals surface area contributed by atoms with E-state index in [2.05, 4.69) is 12.1 Å². The summed E-state index contributed by atoms with van der Waals surface area (Å²) in [6.45, 7) is 3.50. The van der Waals surface area contributed by atoms with Gasteiger partial charge in [-0.2, -0.15) is 11.8 Å². The first kappa shape index (κ1) is 15.5. The lowest BCUT2D eigenvalue weighted by atomic mass is 9.85. The molecular weight excluding hydrogens is 274 g/mol. The molecule has 0 atom stereocenters. The third-order valence-electron chi connectivity index (χ3n) is 5.05. The van der Waals surface area contributed by atoms with Crippen LogP contribution >= 0.6 is 11.8 Å². The van der Waals surface area contributed by atoms with Gasteiger partial charge in [0.15, 0.2) is 5.84 Å². The maximum atomic E-state index is 12.7. The van der Waals surface area contributed by atoms with Gasteiger partial charge in [-0.15, -0.1) is 0 Å². The quantitative estimate of drug-likeness (QED) is 0.362. The summed E-state index contributed by atoms with van der Waals surface area (Å²) in [6, 6.07) is 0. The Morgan fingerprint density at radius 1 is 1.25 bits per heavy atom. The molecule has 1 amide bonds. The van der Waals surface area contributed by atoms with E-state index in [9.17, 15) is 4.79 Å². The molecule has 1 heterocycles. The molecule has 2 rings (SSSR count). The third kappa shape index (κ3) is 2.62. The number of nitrogens with zero attached hydrogens (tertiary/aromatic N) is 2.